The number of esters is 1. The number of hydrogen-bond acceptors (Lipinski definition) is 5. The van der Waals surface area contributed by atoms with Crippen molar-refractivity contribution >= 4 is 34.9 Å². The lowest BCUT2D eigenvalue weighted by Crippen LogP contribution is -2.19. The highest BCUT2D eigenvalue weighted by atomic mass is 35.5. The summed E-state index contributed by atoms with van der Waals surface area (Å²) in [6, 6.07) is 6.70. The highest BCUT2D eigenvalue weighted by Crippen LogP contribution is 2.31. The minimum Gasteiger partial charge on any atom is -0.464 e. The Hall–Kier alpha value is -2.98. The van der Waals surface area contributed by atoms with E-state index in [1.54, 1.807) is 32.0 Å². The number of methoxy groups -OCH3 is 1. The molecule has 130 valence electrons. The van der Waals surface area contributed by atoms with Crippen LogP contribution >= 0.6 is 11.6 Å². The summed E-state index contributed by atoms with van der Waals surface area (Å²) in [6.45, 7) is 3.51. The van der Waals surface area contributed by atoms with Crippen LogP contribution in [0.25, 0.3) is 5.69 Å². The van der Waals surface area contributed by atoms with Gasteiger partial charge in [-0.3, -0.25) is 4.79 Å². The fraction of sp³-hybridized carbons (Fsp3) is 0.235. The van der Waals surface area contributed by atoms with Crippen molar-refractivity contribution in [2.24, 2.45) is 5.92 Å². The molecule has 0 saturated heterocycles. The number of anilines is 2. The smallest absolute Gasteiger partial charge is 0.357 e. The van der Waals surface area contributed by atoms with Crippen molar-refractivity contribution in [3.63, 3.8) is 0 Å². The zero-order valence-corrected chi connectivity index (χ0v) is 14.7. The normalized spacial score (nSPS) is 10.4. The van der Waals surface area contributed by atoms with Gasteiger partial charge >= 0.3 is 5.97 Å². The molecule has 0 fully saturated rings. The molecular weight excluding hydrogens is 344 g/mol. The Morgan fingerprint density at radius 1 is 1.40 bits per heavy atom. The number of benzene rings is 1. The van der Waals surface area contributed by atoms with E-state index in [4.69, 9.17) is 22.1 Å². The maximum Gasteiger partial charge on any atom is 0.357 e. The fourth-order valence-electron chi connectivity index (χ4n) is 2.19. The molecule has 0 aliphatic rings. The number of carbonyl (C=O) groups excluding carboxylic acids is 2. The molecule has 0 spiro atoms. The predicted octanol–water partition coefficient (Wildman–Crippen LogP) is 2.97. The molecular formula is C17H17ClN4O3. The summed E-state index contributed by atoms with van der Waals surface area (Å²) in [7, 11) is 1.21. The van der Waals surface area contributed by atoms with E-state index in [2.05, 4.69) is 5.32 Å². The van der Waals surface area contributed by atoms with E-state index >= 15 is 0 Å². The van der Waals surface area contributed by atoms with Crippen LogP contribution in [-0.4, -0.2) is 23.6 Å². The number of nitrogen functional groups attached to an aromatic ring is 1. The highest BCUT2D eigenvalue weighted by Gasteiger charge is 2.23. The molecule has 0 bridgehead atoms. The first kappa shape index (κ1) is 18.4. The van der Waals surface area contributed by atoms with Crippen LogP contribution < -0.4 is 11.1 Å². The summed E-state index contributed by atoms with van der Waals surface area (Å²) in [4.78, 5) is 24.2. The zero-order valence-electron chi connectivity index (χ0n) is 14.0. The molecule has 3 N–H and O–H groups in total. The van der Waals surface area contributed by atoms with Gasteiger partial charge in [0.1, 0.15) is 6.07 Å². The Morgan fingerprint density at radius 2 is 2.08 bits per heavy atom. The Kier molecular flexibility index (Phi) is 5.35. The third kappa shape index (κ3) is 3.59. The third-order valence-corrected chi connectivity index (χ3v) is 3.78. The molecule has 0 radical (unpaired) electrons. The molecule has 25 heavy (non-hydrogen) atoms. The summed E-state index contributed by atoms with van der Waals surface area (Å²) in [5.41, 5.74) is 6.82. The fourth-order valence-corrected chi connectivity index (χ4v) is 2.36. The SMILES string of the molecule is COC(=O)c1c(N)c(C#N)cn1-c1cc(Cl)ccc1NC(=O)C(C)C. The number of nitrogens with two attached hydrogens (primary N) is 1. The first-order chi connectivity index (χ1) is 11.8. The monoisotopic (exact) mass is 360 g/mol. The van der Waals surface area contributed by atoms with Gasteiger partial charge in [-0.1, -0.05) is 25.4 Å². The van der Waals surface area contributed by atoms with Crippen molar-refractivity contribution in [1.82, 2.24) is 4.57 Å². The van der Waals surface area contributed by atoms with Gasteiger partial charge in [0.15, 0.2) is 5.69 Å². The second-order valence-electron chi connectivity index (χ2n) is 5.58. The molecule has 0 atom stereocenters. The number of hydrogen-bond donors (Lipinski definition) is 2. The second-order valence-corrected chi connectivity index (χ2v) is 6.02. The van der Waals surface area contributed by atoms with E-state index in [1.165, 1.54) is 17.9 Å². The number of nitriles is 1. The number of nitrogens with zero attached hydrogens (tertiary/aromatic N) is 2. The first-order valence-electron chi connectivity index (χ1n) is 7.40. The van der Waals surface area contributed by atoms with Crippen LogP contribution in [0.5, 0.6) is 0 Å². The van der Waals surface area contributed by atoms with Gasteiger partial charge in [0.25, 0.3) is 0 Å². The van der Waals surface area contributed by atoms with E-state index in [-0.39, 0.29) is 28.8 Å². The topological polar surface area (TPSA) is 110 Å². The lowest BCUT2D eigenvalue weighted by molar-refractivity contribution is -0.118. The molecule has 1 heterocycles. The molecule has 1 amide bonds. The zero-order chi connectivity index (χ0) is 18.7. The summed E-state index contributed by atoms with van der Waals surface area (Å²) in [6.07, 6.45) is 1.40. The summed E-state index contributed by atoms with van der Waals surface area (Å²) in [5, 5.41) is 12.4. The van der Waals surface area contributed by atoms with Crippen LogP contribution in [0.3, 0.4) is 0 Å². The lowest BCUT2D eigenvalue weighted by atomic mass is 10.2. The predicted molar refractivity (Wildman–Crippen MR) is 94.7 cm³/mol. The Balaban J connectivity index is 2.70. The number of amides is 1. The van der Waals surface area contributed by atoms with Gasteiger partial charge in [0.2, 0.25) is 5.91 Å². The third-order valence-electron chi connectivity index (χ3n) is 3.55. The first-order valence-corrected chi connectivity index (χ1v) is 7.78. The Labute approximate surface area is 149 Å². The lowest BCUT2D eigenvalue weighted by Gasteiger charge is -2.16. The molecule has 0 aliphatic carbocycles. The summed E-state index contributed by atoms with van der Waals surface area (Å²) in [5.74, 6) is -1.16. The van der Waals surface area contributed by atoms with Crippen molar-refractivity contribution in [1.29, 1.82) is 5.26 Å². The quantitative estimate of drug-likeness (QED) is 0.814. The van der Waals surface area contributed by atoms with Crippen molar-refractivity contribution in [3.05, 3.63) is 40.7 Å². The second kappa shape index (κ2) is 7.28. The number of ether oxygens (including phenoxy) is 1. The van der Waals surface area contributed by atoms with Crippen LogP contribution in [0, 0.1) is 17.2 Å². The number of nitrogens with one attached hydrogen (secondary N) is 1. The van der Waals surface area contributed by atoms with Gasteiger partial charge in [0.05, 0.1) is 29.7 Å². The average molecular weight is 361 g/mol. The molecule has 1 aromatic carbocycles. The Bertz CT molecular complexity index is 881. The maximum atomic E-state index is 12.1. The largest absolute Gasteiger partial charge is 0.464 e. The molecule has 0 saturated carbocycles. The van der Waals surface area contributed by atoms with Crippen LogP contribution in [0.15, 0.2) is 24.4 Å². The van der Waals surface area contributed by atoms with Crippen LogP contribution in [0.1, 0.15) is 29.9 Å². The van der Waals surface area contributed by atoms with Crippen molar-refractivity contribution in [2.75, 3.05) is 18.2 Å². The molecule has 1 aromatic heterocycles. The van der Waals surface area contributed by atoms with E-state index in [0.717, 1.165) is 0 Å². The highest BCUT2D eigenvalue weighted by molar-refractivity contribution is 6.31. The van der Waals surface area contributed by atoms with E-state index in [1.807, 2.05) is 6.07 Å². The molecule has 8 heteroatoms. The van der Waals surface area contributed by atoms with E-state index < -0.39 is 5.97 Å². The van der Waals surface area contributed by atoms with Gasteiger partial charge in [-0.05, 0) is 18.2 Å². The van der Waals surface area contributed by atoms with Gasteiger partial charge in [-0.2, -0.15) is 5.26 Å². The van der Waals surface area contributed by atoms with Gasteiger partial charge in [-0.25, -0.2) is 4.79 Å². The van der Waals surface area contributed by atoms with Crippen molar-refractivity contribution in [2.45, 2.75) is 13.8 Å². The summed E-state index contributed by atoms with van der Waals surface area (Å²) >= 11 is 6.07. The van der Waals surface area contributed by atoms with Crippen LogP contribution in [0.2, 0.25) is 5.02 Å². The molecule has 7 nitrogen and oxygen atoms in total. The maximum absolute atomic E-state index is 12.1. The standard InChI is InChI=1S/C17H17ClN4O3/c1-9(2)16(23)21-12-5-4-11(18)6-13(12)22-8-10(7-19)14(20)15(22)17(24)25-3/h4-6,8-9H,20H2,1-3H3,(H,21,23). The summed E-state index contributed by atoms with van der Waals surface area (Å²) < 4.78 is 6.15. The van der Waals surface area contributed by atoms with Crippen LogP contribution in [0.4, 0.5) is 11.4 Å². The number of halogens is 1. The number of carbonyl (C=O) groups is 2. The van der Waals surface area contributed by atoms with Gasteiger partial charge in [-0.15, -0.1) is 0 Å². The average Bonchev–Trinajstić information content (AvgIpc) is 2.91. The molecule has 0 aliphatic heterocycles. The minimum absolute atomic E-state index is 0.00420. The van der Waals surface area contributed by atoms with Crippen molar-refractivity contribution in [3.8, 4) is 11.8 Å². The van der Waals surface area contributed by atoms with Crippen molar-refractivity contribution < 1.29 is 14.3 Å². The van der Waals surface area contributed by atoms with E-state index in [9.17, 15) is 14.9 Å². The molecule has 2 aromatic rings. The van der Waals surface area contributed by atoms with Gasteiger partial charge in [0, 0.05) is 17.1 Å². The van der Waals surface area contributed by atoms with Crippen LogP contribution in [-0.2, 0) is 9.53 Å². The number of rotatable bonds is 4. The van der Waals surface area contributed by atoms with E-state index in [0.29, 0.717) is 16.4 Å². The molecule has 0 unspecified atom stereocenters. The van der Waals surface area contributed by atoms with Gasteiger partial charge < -0.3 is 20.4 Å². The minimum atomic E-state index is -0.708. The Morgan fingerprint density at radius 3 is 2.64 bits per heavy atom. The number of aromatic nitrogens is 1. The molecule has 2 rings (SSSR count).